The van der Waals surface area contributed by atoms with Crippen molar-refractivity contribution in [3.8, 4) is 0 Å². The quantitative estimate of drug-likeness (QED) is 0.567. The summed E-state index contributed by atoms with van der Waals surface area (Å²) in [6.07, 6.45) is 0.466. The fourth-order valence-corrected chi connectivity index (χ4v) is 7.01. The second kappa shape index (κ2) is 7.53. The summed E-state index contributed by atoms with van der Waals surface area (Å²) in [7, 11) is -1.42. The van der Waals surface area contributed by atoms with E-state index in [0.717, 1.165) is 21.0 Å². The van der Waals surface area contributed by atoms with Crippen molar-refractivity contribution in [3.05, 3.63) is 46.7 Å². The van der Waals surface area contributed by atoms with E-state index < -0.39 is 9.84 Å². The largest absolute Gasteiger partial charge is 0.451 e. The Morgan fingerprint density at radius 3 is 2.86 bits per heavy atom. The van der Waals surface area contributed by atoms with Crippen LogP contribution in [0.1, 0.15) is 28.2 Å². The minimum Gasteiger partial charge on any atom is -0.451 e. The van der Waals surface area contributed by atoms with E-state index in [1.807, 2.05) is 36.6 Å². The van der Waals surface area contributed by atoms with Crippen molar-refractivity contribution in [2.45, 2.75) is 29.5 Å². The molecule has 0 radical (unpaired) electrons. The highest BCUT2D eigenvalue weighted by atomic mass is 32.2. The second-order valence-electron chi connectivity index (χ2n) is 6.92. The van der Waals surface area contributed by atoms with Crippen molar-refractivity contribution < 1.29 is 17.6 Å². The third-order valence-electron chi connectivity index (χ3n) is 4.91. The van der Waals surface area contributed by atoms with Gasteiger partial charge in [-0.1, -0.05) is 30.0 Å². The molecule has 148 valence electrons. The summed E-state index contributed by atoms with van der Waals surface area (Å²) < 4.78 is 30.5. The molecule has 6 nitrogen and oxygen atoms in total. The number of furan rings is 1. The minimum absolute atomic E-state index is 0.0118. The summed E-state index contributed by atoms with van der Waals surface area (Å²) in [5.41, 5.74) is 2.46. The maximum atomic E-state index is 13.2. The van der Waals surface area contributed by atoms with Crippen LogP contribution in [0.15, 0.2) is 38.4 Å². The second-order valence-corrected chi connectivity index (χ2v) is 11.2. The molecule has 0 bridgehead atoms. The number of aromatic nitrogens is 1. The Morgan fingerprint density at radius 1 is 1.39 bits per heavy atom. The van der Waals surface area contributed by atoms with Gasteiger partial charge in [0.2, 0.25) is 0 Å². The molecule has 1 fully saturated rings. The van der Waals surface area contributed by atoms with Crippen LogP contribution in [0, 0.1) is 6.92 Å². The molecule has 3 aromatic rings. The van der Waals surface area contributed by atoms with E-state index in [1.54, 1.807) is 30.1 Å². The summed E-state index contributed by atoms with van der Waals surface area (Å²) >= 11 is 3.15. The number of amides is 1. The molecule has 1 amide bonds. The van der Waals surface area contributed by atoms with Crippen LogP contribution < -0.4 is 0 Å². The van der Waals surface area contributed by atoms with Gasteiger partial charge in [0.25, 0.3) is 5.91 Å². The van der Waals surface area contributed by atoms with Gasteiger partial charge in [0, 0.05) is 40.9 Å². The van der Waals surface area contributed by atoms with Gasteiger partial charge in [-0.3, -0.25) is 4.79 Å². The molecule has 1 aliphatic heterocycles. The molecule has 3 heterocycles. The Kier molecular flexibility index (Phi) is 5.24. The van der Waals surface area contributed by atoms with Crippen molar-refractivity contribution in [2.75, 3.05) is 18.6 Å². The number of thiazole rings is 1. The van der Waals surface area contributed by atoms with Crippen LogP contribution in [-0.2, 0) is 15.6 Å². The predicted octanol–water partition coefficient (Wildman–Crippen LogP) is 3.75. The number of hydrogen-bond acceptors (Lipinski definition) is 7. The number of benzene rings is 1. The van der Waals surface area contributed by atoms with E-state index in [2.05, 4.69) is 4.98 Å². The molecule has 4 rings (SSSR count). The highest BCUT2D eigenvalue weighted by molar-refractivity contribution is 8.00. The Balaban J connectivity index is 1.64. The average molecular weight is 437 g/mol. The highest BCUT2D eigenvalue weighted by Crippen LogP contribution is 2.34. The first-order valence-corrected chi connectivity index (χ1v) is 12.6. The predicted molar refractivity (Wildman–Crippen MR) is 112 cm³/mol. The van der Waals surface area contributed by atoms with E-state index >= 15 is 0 Å². The summed E-state index contributed by atoms with van der Waals surface area (Å²) in [5, 5.41) is 2.90. The number of fused-ring (bicyclic) bond motifs is 1. The molecule has 9 heteroatoms. The number of hydrogen-bond donors (Lipinski definition) is 0. The maximum absolute atomic E-state index is 13.2. The zero-order valence-corrected chi connectivity index (χ0v) is 18.0. The summed E-state index contributed by atoms with van der Waals surface area (Å²) in [6, 6.07) is 7.26. The Hall–Kier alpha value is -1.84. The van der Waals surface area contributed by atoms with E-state index in [-0.39, 0.29) is 29.2 Å². The lowest BCUT2D eigenvalue weighted by atomic mass is 10.1. The number of rotatable bonds is 5. The summed E-state index contributed by atoms with van der Waals surface area (Å²) in [5.74, 6) is 0.708. The molecule has 0 saturated carbocycles. The lowest BCUT2D eigenvalue weighted by Gasteiger charge is -2.22. The first-order chi connectivity index (χ1) is 13.3. The van der Waals surface area contributed by atoms with Crippen molar-refractivity contribution in [2.24, 2.45) is 0 Å². The molecule has 1 saturated heterocycles. The fourth-order valence-electron chi connectivity index (χ4n) is 3.35. The molecule has 2 aromatic heterocycles. The normalized spacial score (nSPS) is 18.6. The molecule has 0 N–H and O–H groups in total. The van der Waals surface area contributed by atoms with Gasteiger partial charge in [0.15, 0.2) is 15.6 Å². The van der Waals surface area contributed by atoms with Crippen LogP contribution in [0.3, 0.4) is 0 Å². The van der Waals surface area contributed by atoms with Gasteiger partial charge < -0.3 is 9.32 Å². The van der Waals surface area contributed by atoms with Crippen LogP contribution in [0.25, 0.3) is 11.0 Å². The smallest absolute Gasteiger partial charge is 0.289 e. The molecule has 1 unspecified atom stereocenters. The van der Waals surface area contributed by atoms with E-state index in [9.17, 15) is 13.2 Å². The summed E-state index contributed by atoms with van der Waals surface area (Å²) in [6.45, 7) is 1.95. The summed E-state index contributed by atoms with van der Waals surface area (Å²) in [4.78, 5) is 19.1. The first kappa shape index (κ1) is 19.5. The van der Waals surface area contributed by atoms with Crippen molar-refractivity contribution >= 4 is 49.8 Å². The Bertz CT molecular complexity index is 1130. The van der Waals surface area contributed by atoms with Crippen molar-refractivity contribution in [1.29, 1.82) is 0 Å². The Morgan fingerprint density at radius 2 is 2.18 bits per heavy atom. The van der Waals surface area contributed by atoms with Crippen LogP contribution in [0.4, 0.5) is 0 Å². The number of carbonyl (C=O) groups excluding carboxylic acids is 1. The third kappa shape index (κ3) is 3.83. The number of nitrogens with zero attached hydrogens (tertiary/aromatic N) is 2. The van der Waals surface area contributed by atoms with Crippen molar-refractivity contribution in [1.82, 2.24) is 9.88 Å². The number of sulfone groups is 1. The molecule has 1 aliphatic rings. The number of carbonyl (C=O) groups is 1. The van der Waals surface area contributed by atoms with Gasteiger partial charge in [0.05, 0.1) is 11.5 Å². The first-order valence-electron chi connectivity index (χ1n) is 8.87. The molecule has 1 atom stereocenters. The number of para-hydroxylation sites is 1. The van der Waals surface area contributed by atoms with Crippen LogP contribution in [-0.4, -0.2) is 48.8 Å². The standard InChI is InChI=1S/C19H20N2O4S3/c1-12-9-26-19(20-12)27-10-15-14-5-3-4-6-16(14)25-17(15)18(22)21(2)13-7-8-28(23,24)11-13/h3-6,9,13H,7-8,10-11H2,1-2H3. The van der Waals surface area contributed by atoms with Gasteiger partial charge in [0.1, 0.15) is 9.92 Å². The fraction of sp³-hybridized carbons (Fsp3) is 0.368. The molecular formula is C19H20N2O4S3. The van der Waals surface area contributed by atoms with Gasteiger partial charge >= 0.3 is 0 Å². The molecule has 1 aromatic carbocycles. The topological polar surface area (TPSA) is 80.5 Å². The van der Waals surface area contributed by atoms with Crippen LogP contribution in [0.2, 0.25) is 0 Å². The number of aryl methyl sites for hydroxylation is 1. The lowest BCUT2D eigenvalue weighted by molar-refractivity contribution is 0.0717. The van der Waals surface area contributed by atoms with Crippen LogP contribution >= 0.6 is 23.1 Å². The average Bonchev–Trinajstić information content (AvgIpc) is 3.35. The number of thioether (sulfide) groups is 1. The SMILES string of the molecule is Cc1csc(SCc2c(C(=O)N(C)C3CCS(=O)(=O)C3)oc3ccccc23)n1. The van der Waals surface area contributed by atoms with Gasteiger partial charge in [-0.2, -0.15) is 0 Å². The van der Waals surface area contributed by atoms with Crippen LogP contribution in [0.5, 0.6) is 0 Å². The molecule has 0 spiro atoms. The third-order valence-corrected chi connectivity index (χ3v) is 8.82. The zero-order valence-electron chi connectivity index (χ0n) is 15.5. The van der Waals surface area contributed by atoms with E-state index in [1.165, 1.54) is 4.90 Å². The Labute approximate surface area is 171 Å². The van der Waals surface area contributed by atoms with E-state index in [0.29, 0.717) is 17.8 Å². The monoisotopic (exact) mass is 436 g/mol. The van der Waals surface area contributed by atoms with E-state index in [4.69, 9.17) is 4.42 Å². The van der Waals surface area contributed by atoms with Gasteiger partial charge in [-0.05, 0) is 19.4 Å². The van der Waals surface area contributed by atoms with Gasteiger partial charge in [-0.15, -0.1) is 11.3 Å². The van der Waals surface area contributed by atoms with Gasteiger partial charge in [-0.25, -0.2) is 13.4 Å². The molecular weight excluding hydrogens is 416 g/mol. The molecule has 0 aliphatic carbocycles. The molecule has 28 heavy (non-hydrogen) atoms. The highest BCUT2D eigenvalue weighted by Gasteiger charge is 2.35. The minimum atomic E-state index is -3.07. The maximum Gasteiger partial charge on any atom is 0.289 e. The zero-order chi connectivity index (χ0) is 19.9. The lowest BCUT2D eigenvalue weighted by Crippen LogP contribution is -2.38. The van der Waals surface area contributed by atoms with Crippen molar-refractivity contribution in [3.63, 3.8) is 0 Å².